The van der Waals surface area contributed by atoms with E-state index in [0.717, 1.165) is 65.8 Å². The van der Waals surface area contributed by atoms with Crippen LogP contribution in [0, 0.1) is 25.5 Å². The standard InChI is InChI=1S/C19H20F2N4.ClH/c1-10-16(13-3-4-14(20)15(21)9-13)25-19-17(10)23-11(2)24-18(19)12-5-7-22-8-6-12;/h3-4,9,12,22,25H,5-8H2,1-2H3;1H. The normalized spacial score (nSPS) is 15.2. The molecule has 4 nitrogen and oxygen atoms in total. The number of piperidine rings is 1. The van der Waals surface area contributed by atoms with Gasteiger partial charge < -0.3 is 10.3 Å². The molecule has 0 spiro atoms. The van der Waals surface area contributed by atoms with Crippen LogP contribution in [0.5, 0.6) is 0 Å². The molecule has 1 saturated heterocycles. The maximum Gasteiger partial charge on any atom is 0.159 e. The number of aromatic nitrogens is 3. The zero-order valence-corrected chi connectivity index (χ0v) is 15.5. The summed E-state index contributed by atoms with van der Waals surface area (Å²) < 4.78 is 26.9. The van der Waals surface area contributed by atoms with Crippen LogP contribution in [0.25, 0.3) is 22.3 Å². The summed E-state index contributed by atoms with van der Waals surface area (Å²) in [4.78, 5) is 12.7. The van der Waals surface area contributed by atoms with Crippen LogP contribution in [-0.2, 0) is 0 Å². The molecule has 0 aliphatic carbocycles. The molecule has 4 rings (SSSR count). The molecule has 1 aromatic carbocycles. The first-order valence-corrected chi connectivity index (χ1v) is 8.57. The Labute approximate surface area is 156 Å². The SMILES string of the molecule is Cc1nc(C2CCNCC2)c2[nH]c(-c3ccc(F)c(F)c3)c(C)c2n1.Cl. The van der Waals surface area contributed by atoms with E-state index in [1.165, 1.54) is 6.07 Å². The largest absolute Gasteiger partial charge is 0.351 e. The predicted molar refractivity (Wildman–Crippen MR) is 101 cm³/mol. The molecule has 0 atom stereocenters. The Balaban J connectivity index is 0.00000196. The van der Waals surface area contributed by atoms with E-state index in [0.29, 0.717) is 11.5 Å². The summed E-state index contributed by atoms with van der Waals surface area (Å²) in [5.74, 6) is -0.582. The molecular weight excluding hydrogens is 358 g/mol. The van der Waals surface area contributed by atoms with Crippen LogP contribution < -0.4 is 5.32 Å². The Hall–Kier alpha value is -2.05. The first-order valence-electron chi connectivity index (χ1n) is 8.57. The highest BCUT2D eigenvalue weighted by Gasteiger charge is 2.23. The molecule has 0 unspecified atom stereocenters. The van der Waals surface area contributed by atoms with Gasteiger partial charge >= 0.3 is 0 Å². The van der Waals surface area contributed by atoms with E-state index in [1.54, 1.807) is 6.07 Å². The van der Waals surface area contributed by atoms with Gasteiger partial charge in [-0.15, -0.1) is 12.4 Å². The highest BCUT2D eigenvalue weighted by Crippen LogP contribution is 2.34. The summed E-state index contributed by atoms with van der Waals surface area (Å²) in [5, 5.41) is 3.37. The minimum atomic E-state index is -0.851. The lowest BCUT2D eigenvalue weighted by atomic mass is 9.93. The maximum absolute atomic E-state index is 13.7. The van der Waals surface area contributed by atoms with Gasteiger partial charge in [0.2, 0.25) is 0 Å². The molecule has 0 amide bonds. The average Bonchev–Trinajstić information content (AvgIpc) is 2.94. The molecule has 0 radical (unpaired) electrons. The van der Waals surface area contributed by atoms with Crippen molar-refractivity contribution in [1.82, 2.24) is 20.3 Å². The summed E-state index contributed by atoms with van der Waals surface area (Å²) >= 11 is 0. The molecule has 2 aromatic heterocycles. The zero-order valence-electron chi connectivity index (χ0n) is 14.7. The summed E-state index contributed by atoms with van der Waals surface area (Å²) in [7, 11) is 0. The van der Waals surface area contributed by atoms with Gasteiger partial charge in [-0.2, -0.15) is 0 Å². The molecule has 138 valence electrons. The number of benzene rings is 1. The molecule has 3 aromatic rings. The van der Waals surface area contributed by atoms with Gasteiger partial charge in [-0.05, 0) is 58.0 Å². The summed E-state index contributed by atoms with van der Waals surface area (Å²) in [6.07, 6.45) is 2.06. The molecule has 1 fully saturated rings. The second kappa shape index (κ2) is 7.29. The van der Waals surface area contributed by atoms with Crippen molar-refractivity contribution < 1.29 is 8.78 Å². The number of nitrogens with zero attached hydrogens (tertiary/aromatic N) is 2. The van der Waals surface area contributed by atoms with E-state index in [9.17, 15) is 8.78 Å². The van der Waals surface area contributed by atoms with Gasteiger partial charge in [0.25, 0.3) is 0 Å². The van der Waals surface area contributed by atoms with E-state index in [-0.39, 0.29) is 12.4 Å². The maximum atomic E-state index is 13.7. The van der Waals surface area contributed by atoms with Crippen molar-refractivity contribution in [2.45, 2.75) is 32.6 Å². The van der Waals surface area contributed by atoms with Gasteiger partial charge in [0.05, 0.1) is 22.4 Å². The molecule has 1 aliphatic heterocycles. The first-order chi connectivity index (χ1) is 12.0. The Bertz CT molecular complexity index is 948. The Morgan fingerprint density at radius 3 is 2.46 bits per heavy atom. The van der Waals surface area contributed by atoms with Crippen LogP contribution in [0.4, 0.5) is 8.78 Å². The first kappa shape index (κ1) is 18.7. The Morgan fingerprint density at radius 2 is 1.77 bits per heavy atom. The fourth-order valence-corrected chi connectivity index (χ4v) is 3.66. The number of H-pyrrole nitrogens is 1. The average molecular weight is 379 g/mol. The minimum absolute atomic E-state index is 0. The minimum Gasteiger partial charge on any atom is -0.351 e. The topological polar surface area (TPSA) is 53.6 Å². The van der Waals surface area contributed by atoms with Gasteiger partial charge in [0, 0.05) is 17.0 Å². The number of rotatable bonds is 2. The number of hydrogen-bond acceptors (Lipinski definition) is 3. The number of halogens is 3. The van der Waals surface area contributed by atoms with E-state index in [1.807, 2.05) is 13.8 Å². The molecule has 26 heavy (non-hydrogen) atoms. The van der Waals surface area contributed by atoms with Gasteiger partial charge in [0.15, 0.2) is 11.6 Å². The fraction of sp³-hybridized carbons (Fsp3) is 0.368. The lowest BCUT2D eigenvalue weighted by Gasteiger charge is -2.22. The zero-order chi connectivity index (χ0) is 17.6. The van der Waals surface area contributed by atoms with Crippen molar-refractivity contribution in [3.05, 3.63) is 46.9 Å². The molecule has 1 aliphatic rings. The van der Waals surface area contributed by atoms with Crippen LogP contribution in [0.1, 0.15) is 35.8 Å². The molecule has 0 saturated carbocycles. The van der Waals surface area contributed by atoms with E-state index >= 15 is 0 Å². The van der Waals surface area contributed by atoms with Crippen molar-refractivity contribution in [3.63, 3.8) is 0 Å². The number of aryl methyl sites for hydroxylation is 2. The van der Waals surface area contributed by atoms with Crippen molar-refractivity contribution in [2.24, 2.45) is 0 Å². The van der Waals surface area contributed by atoms with Gasteiger partial charge in [-0.1, -0.05) is 0 Å². The van der Waals surface area contributed by atoms with Crippen molar-refractivity contribution >= 4 is 23.4 Å². The molecule has 7 heteroatoms. The Morgan fingerprint density at radius 1 is 1.04 bits per heavy atom. The number of aromatic amines is 1. The second-order valence-electron chi connectivity index (χ2n) is 6.66. The monoisotopic (exact) mass is 378 g/mol. The number of fused-ring (bicyclic) bond motifs is 1. The lowest BCUT2D eigenvalue weighted by molar-refractivity contribution is 0.454. The second-order valence-corrected chi connectivity index (χ2v) is 6.66. The number of nitrogens with one attached hydrogen (secondary N) is 2. The summed E-state index contributed by atoms with van der Waals surface area (Å²) in [5.41, 5.74) is 5.12. The lowest BCUT2D eigenvalue weighted by Crippen LogP contribution is -2.27. The van der Waals surface area contributed by atoms with Crippen LogP contribution in [0.3, 0.4) is 0 Å². The van der Waals surface area contributed by atoms with Gasteiger partial charge in [0.1, 0.15) is 5.82 Å². The third kappa shape index (κ3) is 3.19. The highest BCUT2D eigenvalue weighted by atomic mass is 35.5. The third-order valence-corrected chi connectivity index (χ3v) is 4.96. The van der Waals surface area contributed by atoms with Crippen LogP contribution in [-0.4, -0.2) is 28.0 Å². The fourth-order valence-electron chi connectivity index (χ4n) is 3.66. The molecule has 0 bridgehead atoms. The van der Waals surface area contributed by atoms with Crippen LogP contribution in [0.15, 0.2) is 18.2 Å². The third-order valence-electron chi connectivity index (χ3n) is 4.96. The van der Waals surface area contributed by atoms with Gasteiger partial charge in [-0.25, -0.2) is 18.7 Å². The van der Waals surface area contributed by atoms with Crippen molar-refractivity contribution in [2.75, 3.05) is 13.1 Å². The van der Waals surface area contributed by atoms with E-state index in [2.05, 4.69) is 15.3 Å². The number of hydrogen-bond donors (Lipinski definition) is 2. The molecular formula is C19H21ClF2N4. The smallest absolute Gasteiger partial charge is 0.159 e. The summed E-state index contributed by atoms with van der Waals surface area (Å²) in [6, 6.07) is 3.96. The Kier molecular flexibility index (Phi) is 5.25. The van der Waals surface area contributed by atoms with Crippen molar-refractivity contribution in [3.8, 4) is 11.3 Å². The van der Waals surface area contributed by atoms with E-state index < -0.39 is 11.6 Å². The van der Waals surface area contributed by atoms with Crippen LogP contribution >= 0.6 is 12.4 Å². The van der Waals surface area contributed by atoms with E-state index in [4.69, 9.17) is 4.98 Å². The van der Waals surface area contributed by atoms with Crippen molar-refractivity contribution in [1.29, 1.82) is 0 Å². The molecule has 2 N–H and O–H groups in total. The van der Waals surface area contributed by atoms with Crippen LogP contribution in [0.2, 0.25) is 0 Å². The van der Waals surface area contributed by atoms with Gasteiger partial charge in [-0.3, -0.25) is 0 Å². The highest BCUT2D eigenvalue weighted by molar-refractivity contribution is 5.89. The predicted octanol–water partition coefficient (Wildman–Crippen LogP) is 4.41. The quantitative estimate of drug-likeness (QED) is 0.694. The molecule has 3 heterocycles. The summed E-state index contributed by atoms with van der Waals surface area (Å²) in [6.45, 7) is 5.80.